The van der Waals surface area contributed by atoms with E-state index in [0.29, 0.717) is 10.6 Å². The van der Waals surface area contributed by atoms with Crippen LogP contribution in [0, 0.1) is 0 Å². The van der Waals surface area contributed by atoms with Crippen LogP contribution in [0.4, 0.5) is 5.69 Å². The van der Waals surface area contributed by atoms with Crippen molar-refractivity contribution in [3.63, 3.8) is 0 Å². The Balaban J connectivity index is 1.74. The molecular formula is C30H33Cl2N3O4S. The van der Waals surface area contributed by atoms with E-state index in [-0.39, 0.29) is 35.6 Å². The Morgan fingerprint density at radius 2 is 1.50 bits per heavy atom. The second kappa shape index (κ2) is 13.5. The third-order valence-electron chi connectivity index (χ3n) is 7.07. The highest BCUT2D eigenvalue weighted by Gasteiger charge is 2.34. The van der Waals surface area contributed by atoms with Gasteiger partial charge in [-0.25, -0.2) is 8.42 Å². The van der Waals surface area contributed by atoms with Gasteiger partial charge in [-0.15, -0.1) is 0 Å². The van der Waals surface area contributed by atoms with Crippen molar-refractivity contribution < 1.29 is 18.0 Å². The first-order valence-corrected chi connectivity index (χ1v) is 15.8. The van der Waals surface area contributed by atoms with Gasteiger partial charge < -0.3 is 10.2 Å². The second-order valence-corrected chi connectivity index (χ2v) is 12.8. The summed E-state index contributed by atoms with van der Waals surface area (Å²) in [4.78, 5) is 29.4. The molecule has 1 aliphatic rings. The number of sulfonamides is 1. The fourth-order valence-electron chi connectivity index (χ4n) is 4.98. The predicted molar refractivity (Wildman–Crippen MR) is 160 cm³/mol. The Labute approximate surface area is 246 Å². The lowest BCUT2D eigenvalue weighted by Crippen LogP contribution is -2.54. The average Bonchev–Trinajstić information content (AvgIpc) is 3.43. The number of anilines is 1. The van der Waals surface area contributed by atoms with Crippen LogP contribution < -0.4 is 9.62 Å². The van der Waals surface area contributed by atoms with Gasteiger partial charge in [0, 0.05) is 24.0 Å². The van der Waals surface area contributed by atoms with Gasteiger partial charge in [0.1, 0.15) is 12.6 Å². The first-order valence-electron chi connectivity index (χ1n) is 13.2. The zero-order chi connectivity index (χ0) is 28.7. The van der Waals surface area contributed by atoms with Gasteiger partial charge in [-0.2, -0.15) is 0 Å². The Bertz CT molecular complexity index is 1430. The van der Waals surface area contributed by atoms with E-state index in [1.165, 1.54) is 4.90 Å². The zero-order valence-electron chi connectivity index (χ0n) is 22.3. The molecule has 40 heavy (non-hydrogen) atoms. The van der Waals surface area contributed by atoms with Crippen molar-refractivity contribution >= 4 is 50.7 Å². The van der Waals surface area contributed by atoms with Crippen LogP contribution in [0.2, 0.25) is 10.0 Å². The summed E-state index contributed by atoms with van der Waals surface area (Å²) < 4.78 is 26.7. The van der Waals surface area contributed by atoms with Gasteiger partial charge in [-0.1, -0.05) is 96.7 Å². The number of hydrogen-bond donors (Lipinski definition) is 1. The lowest BCUT2D eigenvalue weighted by Gasteiger charge is -2.34. The lowest BCUT2D eigenvalue weighted by molar-refractivity contribution is -0.140. The van der Waals surface area contributed by atoms with E-state index in [0.717, 1.165) is 41.8 Å². The first-order chi connectivity index (χ1) is 19.1. The van der Waals surface area contributed by atoms with E-state index in [9.17, 15) is 18.0 Å². The molecule has 1 saturated carbocycles. The zero-order valence-corrected chi connectivity index (χ0v) is 24.6. The minimum atomic E-state index is -3.90. The molecule has 0 heterocycles. The molecular weight excluding hydrogens is 569 g/mol. The third-order valence-corrected chi connectivity index (χ3v) is 8.89. The van der Waals surface area contributed by atoms with Gasteiger partial charge in [-0.05, 0) is 42.2 Å². The number of nitrogens with one attached hydrogen (secondary N) is 1. The number of benzene rings is 3. The number of nitrogens with zero attached hydrogens (tertiary/aromatic N) is 2. The van der Waals surface area contributed by atoms with E-state index >= 15 is 0 Å². The minimum Gasteiger partial charge on any atom is -0.352 e. The summed E-state index contributed by atoms with van der Waals surface area (Å²) in [5.41, 5.74) is 1.71. The van der Waals surface area contributed by atoms with Crippen molar-refractivity contribution in [2.45, 2.75) is 50.7 Å². The quantitative estimate of drug-likeness (QED) is 0.316. The molecule has 0 saturated heterocycles. The summed E-state index contributed by atoms with van der Waals surface area (Å²) in [7, 11) is -3.90. The van der Waals surface area contributed by atoms with Crippen LogP contribution in [0.3, 0.4) is 0 Å². The molecule has 3 aromatic carbocycles. The van der Waals surface area contributed by atoms with Crippen molar-refractivity contribution in [2.75, 3.05) is 17.1 Å². The molecule has 2 amide bonds. The van der Waals surface area contributed by atoms with Crippen LogP contribution in [0.15, 0.2) is 78.9 Å². The van der Waals surface area contributed by atoms with Crippen molar-refractivity contribution in [1.82, 2.24) is 10.2 Å². The monoisotopic (exact) mass is 601 g/mol. The highest BCUT2D eigenvalue weighted by Crippen LogP contribution is 2.28. The van der Waals surface area contributed by atoms with Crippen molar-refractivity contribution in [3.8, 4) is 0 Å². The second-order valence-electron chi connectivity index (χ2n) is 10.0. The molecule has 7 nitrogen and oxygen atoms in total. The number of para-hydroxylation sites is 1. The first kappa shape index (κ1) is 29.9. The molecule has 0 aliphatic heterocycles. The van der Waals surface area contributed by atoms with Gasteiger partial charge >= 0.3 is 0 Å². The Kier molecular flexibility index (Phi) is 10.1. The summed E-state index contributed by atoms with van der Waals surface area (Å²) >= 11 is 12.8. The summed E-state index contributed by atoms with van der Waals surface area (Å²) in [5.74, 6) is -0.826. The number of rotatable bonds is 11. The van der Waals surface area contributed by atoms with Gasteiger partial charge in [0.05, 0.1) is 17.0 Å². The molecule has 0 radical (unpaired) electrons. The SMILES string of the molecule is CS(=O)(=O)N(CC(=O)N(Cc1ccccc1Cl)[C@@H](Cc1ccccc1)C(=O)NC1CCCC1)c1ccccc1Cl. The molecule has 4 rings (SSSR count). The van der Waals surface area contributed by atoms with Crippen LogP contribution >= 0.6 is 23.2 Å². The molecule has 0 spiro atoms. The largest absolute Gasteiger partial charge is 0.352 e. The number of hydrogen-bond acceptors (Lipinski definition) is 4. The van der Waals surface area contributed by atoms with Crippen LogP contribution in [0.5, 0.6) is 0 Å². The number of halogens is 2. The molecule has 1 aliphatic carbocycles. The molecule has 10 heteroatoms. The molecule has 0 unspecified atom stereocenters. The summed E-state index contributed by atoms with van der Waals surface area (Å²) in [5, 5.41) is 3.78. The molecule has 0 bridgehead atoms. The lowest BCUT2D eigenvalue weighted by atomic mass is 10.0. The van der Waals surface area contributed by atoms with Crippen molar-refractivity contribution in [2.24, 2.45) is 0 Å². The average molecular weight is 603 g/mol. The van der Waals surface area contributed by atoms with Crippen molar-refractivity contribution in [3.05, 3.63) is 100 Å². The van der Waals surface area contributed by atoms with Gasteiger partial charge in [0.25, 0.3) is 0 Å². The number of amides is 2. The maximum atomic E-state index is 14.1. The summed E-state index contributed by atoms with van der Waals surface area (Å²) in [6.07, 6.45) is 5.12. The Morgan fingerprint density at radius 1 is 0.900 bits per heavy atom. The topological polar surface area (TPSA) is 86.8 Å². The minimum absolute atomic E-state index is 0.0220. The maximum absolute atomic E-state index is 14.1. The summed E-state index contributed by atoms with van der Waals surface area (Å²) in [6, 6.07) is 22.1. The maximum Gasteiger partial charge on any atom is 0.244 e. The van der Waals surface area contributed by atoms with Crippen LogP contribution in [-0.4, -0.2) is 50.0 Å². The fraction of sp³-hybridized carbons (Fsp3) is 0.333. The van der Waals surface area contributed by atoms with E-state index in [1.54, 1.807) is 48.5 Å². The smallest absolute Gasteiger partial charge is 0.244 e. The number of carbonyl (C=O) groups is 2. The van der Waals surface area contributed by atoms with Gasteiger partial charge in [0.2, 0.25) is 21.8 Å². The van der Waals surface area contributed by atoms with E-state index in [1.807, 2.05) is 30.3 Å². The van der Waals surface area contributed by atoms with Crippen LogP contribution in [-0.2, 0) is 32.6 Å². The molecule has 0 aromatic heterocycles. The number of carbonyl (C=O) groups excluding carboxylic acids is 2. The standard InChI is InChI=1S/C30H33Cl2N3O4S/c1-40(38,39)35(27-18-10-9-17-26(27)32)21-29(36)34(20-23-13-5-8-16-25(23)31)28(19-22-11-3-2-4-12-22)30(37)33-24-14-6-7-15-24/h2-5,8-13,16-18,24,28H,6-7,14-15,19-21H2,1H3,(H,33,37)/t28-/m0/s1. The van der Waals surface area contributed by atoms with Crippen molar-refractivity contribution in [1.29, 1.82) is 0 Å². The molecule has 212 valence electrons. The highest BCUT2D eigenvalue weighted by atomic mass is 35.5. The summed E-state index contributed by atoms with van der Waals surface area (Å²) in [6.45, 7) is -0.511. The molecule has 3 aromatic rings. The Hall–Kier alpha value is -3.07. The van der Waals surface area contributed by atoms with E-state index in [2.05, 4.69) is 5.32 Å². The van der Waals surface area contributed by atoms with Gasteiger partial charge in [0.15, 0.2) is 0 Å². The van der Waals surface area contributed by atoms with Gasteiger partial charge in [-0.3, -0.25) is 13.9 Å². The van der Waals surface area contributed by atoms with Crippen LogP contribution in [0.1, 0.15) is 36.8 Å². The highest BCUT2D eigenvalue weighted by molar-refractivity contribution is 7.92. The van der Waals surface area contributed by atoms with Crippen LogP contribution in [0.25, 0.3) is 0 Å². The molecule has 1 atom stereocenters. The van der Waals surface area contributed by atoms with E-state index < -0.39 is 28.5 Å². The Morgan fingerprint density at radius 3 is 2.12 bits per heavy atom. The van der Waals surface area contributed by atoms with E-state index in [4.69, 9.17) is 23.2 Å². The predicted octanol–water partition coefficient (Wildman–Crippen LogP) is 5.46. The molecule has 1 fully saturated rings. The third kappa shape index (κ3) is 7.77. The fourth-order valence-corrected chi connectivity index (χ4v) is 6.33. The normalized spacial score (nSPS) is 14.5. The molecule has 1 N–H and O–H groups in total.